The van der Waals surface area contributed by atoms with E-state index < -0.39 is 11.9 Å². The van der Waals surface area contributed by atoms with Crippen LogP contribution in [-0.2, 0) is 14.3 Å². The Morgan fingerprint density at radius 1 is 1.14 bits per heavy atom. The van der Waals surface area contributed by atoms with Crippen LogP contribution in [0.4, 0.5) is 0 Å². The Hall–Kier alpha value is -3.25. The number of dihydropyridines is 1. The number of hydrogen-bond donors (Lipinski definition) is 2. The molecule has 7 heteroatoms. The molecule has 0 radical (unpaired) electrons. The maximum atomic E-state index is 13.7. The molecular formula is C28H30ClNO5. The van der Waals surface area contributed by atoms with E-state index in [1.54, 1.807) is 19.1 Å². The molecule has 35 heavy (non-hydrogen) atoms. The van der Waals surface area contributed by atoms with Gasteiger partial charge in [0.25, 0.3) is 0 Å². The van der Waals surface area contributed by atoms with E-state index in [1.165, 1.54) is 0 Å². The lowest BCUT2D eigenvalue weighted by molar-refractivity contribution is -0.139. The molecule has 0 amide bonds. The van der Waals surface area contributed by atoms with E-state index in [0.717, 1.165) is 11.3 Å². The predicted octanol–water partition coefficient (Wildman–Crippen LogP) is 5.76. The summed E-state index contributed by atoms with van der Waals surface area (Å²) >= 11 is 6.36. The predicted molar refractivity (Wildman–Crippen MR) is 135 cm³/mol. The largest absolute Gasteiger partial charge is 0.503 e. The van der Waals surface area contributed by atoms with Gasteiger partial charge in [-0.2, -0.15) is 0 Å². The van der Waals surface area contributed by atoms with Gasteiger partial charge in [-0.1, -0.05) is 48.9 Å². The van der Waals surface area contributed by atoms with Gasteiger partial charge < -0.3 is 19.9 Å². The van der Waals surface area contributed by atoms with Crippen molar-refractivity contribution in [1.82, 2.24) is 5.32 Å². The van der Waals surface area contributed by atoms with Crippen molar-refractivity contribution >= 4 is 23.4 Å². The first kappa shape index (κ1) is 24.9. The van der Waals surface area contributed by atoms with Gasteiger partial charge in [0, 0.05) is 29.3 Å². The quantitative estimate of drug-likeness (QED) is 0.475. The Balaban J connectivity index is 1.84. The first-order valence-electron chi connectivity index (χ1n) is 12.0. The van der Waals surface area contributed by atoms with Gasteiger partial charge in [0.2, 0.25) is 0 Å². The zero-order valence-corrected chi connectivity index (χ0v) is 20.9. The van der Waals surface area contributed by atoms with Gasteiger partial charge in [-0.25, -0.2) is 4.79 Å². The number of phenolic OH excluding ortho intramolecular Hbond substituents is 1. The van der Waals surface area contributed by atoms with Crippen molar-refractivity contribution < 1.29 is 24.2 Å². The molecule has 0 bridgehead atoms. The number of carbonyl (C=O) groups excluding carboxylic acids is 2. The number of carbonyl (C=O) groups is 2. The number of nitrogens with one attached hydrogen (secondary N) is 1. The minimum Gasteiger partial charge on any atom is -0.503 e. The first-order chi connectivity index (χ1) is 16.8. The third-order valence-corrected chi connectivity index (χ3v) is 6.73. The summed E-state index contributed by atoms with van der Waals surface area (Å²) in [7, 11) is 0. The lowest BCUT2D eigenvalue weighted by Gasteiger charge is -2.37. The number of ether oxygens (including phenoxy) is 2. The van der Waals surface area contributed by atoms with Crippen LogP contribution >= 0.6 is 11.6 Å². The maximum absolute atomic E-state index is 13.7. The number of hydrogen-bond acceptors (Lipinski definition) is 6. The zero-order chi connectivity index (χ0) is 25.1. The number of halogens is 1. The number of allylic oxidation sites excluding steroid dienone is 3. The Morgan fingerprint density at radius 3 is 2.57 bits per heavy atom. The van der Waals surface area contributed by atoms with Crippen LogP contribution in [0.1, 0.15) is 63.0 Å². The molecule has 0 aromatic heterocycles. The van der Waals surface area contributed by atoms with E-state index in [-0.39, 0.29) is 34.8 Å². The summed E-state index contributed by atoms with van der Waals surface area (Å²) in [6.07, 6.45) is 1.66. The minimum absolute atomic E-state index is 0.0342. The van der Waals surface area contributed by atoms with E-state index >= 15 is 0 Å². The second-order valence-electron chi connectivity index (χ2n) is 8.85. The number of Topliss-reactive ketones (excluding diaryl/α,β-unsaturated/α-hetero) is 1. The van der Waals surface area contributed by atoms with Crippen LogP contribution in [0.2, 0.25) is 5.02 Å². The average Bonchev–Trinajstić information content (AvgIpc) is 2.84. The van der Waals surface area contributed by atoms with Gasteiger partial charge in [0.05, 0.1) is 23.8 Å². The van der Waals surface area contributed by atoms with Crippen LogP contribution in [0.3, 0.4) is 0 Å². The monoisotopic (exact) mass is 495 g/mol. The van der Waals surface area contributed by atoms with Crippen LogP contribution < -0.4 is 10.1 Å². The van der Waals surface area contributed by atoms with Gasteiger partial charge in [0.15, 0.2) is 17.3 Å². The first-order valence-corrected chi connectivity index (χ1v) is 12.3. The zero-order valence-electron chi connectivity index (χ0n) is 20.2. The summed E-state index contributed by atoms with van der Waals surface area (Å²) in [5.74, 6) is -1.12. The van der Waals surface area contributed by atoms with Crippen molar-refractivity contribution in [3.8, 4) is 11.5 Å². The molecule has 184 valence electrons. The Kier molecular flexibility index (Phi) is 7.51. The molecule has 6 nitrogen and oxygen atoms in total. The van der Waals surface area contributed by atoms with Crippen LogP contribution in [0.25, 0.3) is 0 Å². The normalized spacial score (nSPS) is 19.8. The number of esters is 1. The molecule has 2 atom stereocenters. The van der Waals surface area contributed by atoms with E-state index in [4.69, 9.17) is 21.1 Å². The maximum Gasteiger partial charge on any atom is 0.336 e. The van der Waals surface area contributed by atoms with E-state index in [1.807, 2.05) is 44.2 Å². The summed E-state index contributed by atoms with van der Waals surface area (Å²) in [4.78, 5) is 26.9. The van der Waals surface area contributed by atoms with Gasteiger partial charge in [-0.15, -0.1) is 0 Å². The molecule has 1 aliphatic carbocycles. The number of rotatable bonds is 7. The minimum atomic E-state index is -0.683. The standard InChI is InChI=1S/C28H30ClNO5/c1-4-11-35-28(33)24-16(3)30-21-13-18(17-9-7-6-8-10-17)14-22(31)26(21)25(24)19-12-20(29)27(32)23(15-19)34-5-2/h6-10,12,15,18,25,30,32H,4-5,11,13-14H2,1-3H3. The van der Waals surface area contributed by atoms with Gasteiger partial charge >= 0.3 is 5.97 Å². The lowest BCUT2D eigenvalue weighted by atomic mass is 9.71. The van der Waals surface area contributed by atoms with Crippen molar-refractivity contribution in [1.29, 1.82) is 0 Å². The third kappa shape index (κ3) is 4.94. The molecule has 4 rings (SSSR count). The second kappa shape index (κ2) is 10.6. The number of benzene rings is 2. The van der Waals surface area contributed by atoms with E-state index in [9.17, 15) is 14.7 Å². The van der Waals surface area contributed by atoms with E-state index in [2.05, 4.69) is 5.32 Å². The summed E-state index contributed by atoms with van der Waals surface area (Å²) in [6.45, 7) is 6.15. The molecule has 2 aromatic rings. The molecule has 2 aliphatic rings. The number of aromatic hydroxyl groups is 1. The average molecular weight is 496 g/mol. The number of phenols is 1. The van der Waals surface area contributed by atoms with Gasteiger partial charge in [-0.3, -0.25) is 4.79 Å². The van der Waals surface area contributed by atoms with Crippen molar-refractivity contribution in [2.45, 2.75) is 51.9 Å². The van der Waals surface area contributed by atoms with Crippen LogP contribution in [0.15, 0.2) is 65.0 Å². The molecule has 0 spiro atoms. The Labute approximate surface area is 210 Å². The van der Waals surface area contributed by atoms with Gasteiger partial charge in [-0.05, 0) is 55.9 Å². The summed E-state index contributed by atoms with van der Waals surface area (Å²) in [6, 6.07) is 13.2. The highest BCUT2D eigenvalue weighted by molar-refractivity contribution is 6.32. The highest BCUT2D eigenvalue weighted by Gasteiger charge is 2.42. The summed E-state index contributed by atoms with van der Waals surface area (Å²) < 4.78 is 11.1. The summed E-state index contributed by atoms with van der Waals surface area (Å²) in [5.41, 5.74) is 4.04. The van der Waals surface area contributed by atoms with Crippen molar-refractivity contribution in [2.75, 3.05) is 13.2 Å². The van der Waals surface area contributed by atoms with Crippen LogP contribution in [0.5, 0.6) is 11.5 Å². The van der Waals surface area contributed by atoms with Crippen molar-refractivity contribution in [3.05, 3.63) is 81.2 Å². The molecule has 2 N–H and O–H groups in total. The molecule has 2 aromatic carbocycles. The highest BCUT2D eigenvalue weighted by Crippen LogP contribution is 2.48. The van der Waals surface area contributed by atoms with Crippen LogP contribution in [0, 0.1) is 0 Å². The second-order valence-corrected chi connectivity index (χ2v) is 9.25. The Bertz CT molecular complexity index is 1200. The third-order valence-electron chi connectivity index (χ3n) is 6.44. The SMILES string of the molecule is CCCOC(=O)C1=C(C)NC2=C(C(=O)CC(c3ccccc3)C2)C1c1cc(Cl)c(O)c(OCC)c1. The Morgan fingerprint density at radius 2 is 1.89 bits per heavy atom. The van der Waals surface area contributed by atoms with Crippen molar-refractivity contribution in [2.24, 2.45) is 0 Å². The van der Waals surface area contributed by atoms with Crippen molar-refractivity contribution in [3.63, 3.8) is 0 Å². The van der Waals surface area contributed by atoms with Crippen LogP contribution in [-0.4, -0.2) is 30.1 Å². The highest BCUT2D eigenvalue weighted by atomic mass is 35.5. The molecule has 0 fully saturated rings. The smallest absolute Gasteiger partial charge is 0.336 e. The molecule has 0 saturated carbocycles. The van der Waals surface area contributed by atoms with E-state index in [0.29, 0.717) is 48.3 Å². The molecule has 0 saturated heterocycles. The molecule has 2 unspecified atom stereocenters. The summed E-state index contributed by atoms with van der Waals surface area (Å²) in [5, 5.41) is 13.8. The van der Waals surface area contributed by atoms with Gasteiger partial charge in [0.1, 0.15) is 0 Å². The lowest BCUT2D eigenvalue weighted by Crippen LogP contribution is -2.36. The fourth-order valence-electron chi connectivity index (χ4n) is 4.90. The number of ketones is 1. The molecular weight excluding hydrogens is 466 g/mol. The molecule has 1 aliphatic heterocycles. The fraction of sp³-hybridized carbons (Fsp3) is 0.357. The fourth-order valence-corrected chi connectivity index (χ4v) is 5.12. The topological polar surface area (TPSA) is 84.9 Å². The molecule has 1 heterocycles.